The Kier molecular flexibility index (Phi) is 4.14. The standard InChI is InChI=1S/C10H7ClF3N3O/c1-5(18)17-8(3-15)9-7(11)2-6(4-16-9)10(12,13)14/h2,4,8H,1H3,(H,17,18). The van der Waals surface area contributed by atoms with E-state index >= 15 is 0 Å². The molecular formula is C10H7ClF3N3O. The largest absolute Gasteiger partial charge is 0.417 e. The van der Waals surface area contributed by atoms with E-state index in [4.69, 9.17) is 16.9 Å². The van der Waals surface area contributed by atoms with Crippen LogP contribution >= 0.6 is 11.6 Å². The molecule has 0 aromatic carbocycles. The highest BCUT2D eigenvalue weighted by Gasteiger charge is 2.32. The molecule has 0 saturated heterocycles. The van der Waals surface area contributed by atoms with Gasteiger partial charge in [0.2, 0.25) is 5.91 Å². The molecule has 18 heavy (non-hydrogen) atoms. The van der Waals surface area contributed by atoms with Gasteiger partial charge in [-0.05, 0) is 6.07 Å². The van der Waals surface area contributed by atoms with E-state index in [9.17, 15) is 18.0 Å². The number of aromatic nitrogens is 1. The molecular weight excluding hydrogens is 271 g/mol. The van der Waals surface area contributed by atoms with Crippen LogP contribution in [0.1, 0.15) is 24.2 Å². The van der Waals surface area contributed by atoms with Gasteiger partial charge in [-0.25, -0.2) is 0 Å². The lowest BCUT2D eigenvalue weighted by atomic mass is 10.1. The van der Waals surface area contributed by atoms with Crippen molar-refractivity contribution in [1.29, 1.82) is 5.26 Å². The van der Waals surface area contributed by atoms with Crippen molar-refractivity contribution in [3.8, 4) is 6.07 Å². The summed E-state index contributed by atoms with van der Waals surface area (Å²) in [5.41, 5.74) is -1.14. The Bertz CT molecular complexity index is 510. The fourth-order valence-corrected chi connectivity index (χ4v) is 1.46. The third kappa shape index (κ3) is 3.34. The number of pyridine rings is 1. The fraction of sp³-hybridized carbons (Fsp3) is 0.300. The molecule has 1 rings (SSSR count). The van der Waals surface area contributed by atoms with Gasteiger partial charge < -0.3 is 5.32 Å². The number of rotatable bonds is 2. The minimum Gasteiger partial charge on any atom is -0.336 e. The third-order valence-corrected chi connectivity index (χ3v) is 2.25. The second-order valence-electron chi connectivity index (χ2n) is 3.35. The van der Waals surface area contributed by atoms with Gasteiger partial charge in [0.15, 0.2) is 6.04 Å². The Morgan fingerprint density at radius 1 is 1.61 bits per heavy atom. The molecule has 8 heteroatoms. The Balaban J connectivity index is 3.13. The molecule has 0 bridgehead atoms. The first-order chi connectivity index (χ1) is 8.25. The normalized spacial score (nSPS) is 12.7. The number of hydrogen-bond acceptors (Lipinski definition) is 3. The van der Waals surface area contributed by atoms with Crippen LogP contribution < -0.4 is 5.32 Å². The predicted octanol–water partition coefficient (Wildman–Crippen LogP) is 2.45. The molecule has 1 aromatic heterocycles. The van der Waals surface area contributed by atoms with Crippen molar-refractivity contribution in [2.75, 3.05) is 0 Å². The molecule has 1 heterocycles. The summed E-state index contributed by atoms with van der Waals surface area (Å²) in [6.45, 7) is 1.17. The van der Waals surface area contributed by atoms with Gasteiger partial charge in [0.1, 0.15) is 0 Å². The average Bonchev–Trinajstić information content (AvgIpc) is 2.24. The monoisotopic (exact) mass is 277 g/mol. The van der Waals surface area contributed by atoms with Gasteiger partial charge in [0.05, 0.1) is 22.3 Å². The molecule has 1 unspecified atom stereocenters. The first-order valence-corrected chi connectivity index (χ1v) is 5.03. The maximum Gasteiger partial charge on any atom is 0.417 e. The Labute approximate surface area is 105 Å². The van der Waals surface area contributed by atoms with E-state index < -0.39 is 23.7 Å². The van der Waals surface area contributed by atoms with Crippen LogP contribution in [0.25, 0.3) is 0 Å². The van der Waals surface area contributed by atoms with Crippen LogP contribution in [0.5, 0.6) is 0 Å². The highest BCUT2D eigenvalue weighted by Crippen LogP contribution is 2.32. The first kappa shape index (κ1) is 14.3. The fourth-order valence-electron chi connectivity index (χ4n) is 1.18. The number of nitrogens with zero attached hydrogens (tertiary/aromatic N) is 2. The number of halogens is 4. The van der Waals surface area contributed by atoms with Gasteiger partial charge in [-0.15, -0.1) is 0 Å². The van der Waals surface area contributed by atoms with Gasteiger partial charge in [0, 0.05) is 13.1 Å². The van der Waals surface area contributed by atoms with Gasteiger partial charge in [-0.2, -0.15) is 18.4 Å². The molecule has 1 N–H and O–H groups in total. The smallest absolute Gasteiger partial charge is 0.336 e. The lowest BCUT2D eigenvalue weighted by Gasteiger charge is -2.13. The third-order valence-electron chi connectivity index (χ3n) is 1.95. The molecule has 96 valence electrons. The van der Waals surface area contributed by atoms with Gasteiger partial charge >= 0.3 is 6.18 Å². The van der Waals surface area contributed by atoms with Crippen molar-refractivity contribution in [2.45, 2.75) is 19.1 Å². The Morgan fingerprint density at radius 3 is 2.61 bits per heavy atom. The Morgan fingerprint density at radius 2 is 2.22 bits per heavy atom. The zero-order valence-corrected chi connectivity index (χ0v) is 9.80. The quantitative estimate of drug-likeness (QED) is 0.903. The maximum absolute atomic E-state index is 12.4. The first-order valence-electron chi connectivity index (χ1n) is 4.65. The van der Waals surface area contributed by atoms with E-state index in [2.05, 4.69) is 10.3 Å². The van der Waals surface area contributed by atoms with E-state index in [0.29, 0.717) is 12.3 Å². The maximum atomic E-state index is 12.4. The van der Waals surface area contributed by atoms with Crippen LogP contribution in [0.3, 0.4) is 0 Å². The zero-order valence-electron chi connectivity index (χ0n) is 9.05. The minimum absolute atomic E-state index is 0.123. The molecule has 0 aliphatic rings. The lowest BCUT2D eigenvalue weighted by Crippen LogP contribution is -2.26. The number of carbonyl (C=O) groups excluding carboxylic acids is 1. The van der Waals surface area contributed by atoms with E-state index in [1.165, 1.54) is 6.92 Å². The second kappa shape index (κ2) is 5.23. The predicted molar refractivity (Wildman–Crippen MR) is 56.4 cm³/mol. The van der Waals surface area contributed by atoms with Crippen LogP contribution in [-0.4, -0.2) is 10.9 Å². The highest BCUT2D eigenvalue weighted by molar-refractivity contribution is 6.31. The van der Waals surface area contributed by atoms with Crippen LogP contribution in [0, 0.1) is 11.3 Å². The van der Waals surface area contributed by atoms with Crippen LogP contribution in [0.15, 0.2) is 12.3 Å². The molecule has 0 saturated carbocycles. The van der Waals surface area contributed by atoms with E-state index in [-0.39, 0.29) is 10.7 Å². The molecule has 1 atom stereocenters. The number of alkyl halides is 3. The summed E-state index contributed by atoms with van der Waals surface area (Å²) < 4.78 is 37.1. The summed E-state index contributed by atoms with van der Waals surface area (Å²) in [7, 11) is 0. The molecule has 1 amide bonds. The summed E-state index contributed by atoms with van der Waals surface area (Å²) in [4.78, 5) is 14.3. The molecule has 4 nitrogen and oxygen atoms in total. The number of nitrogens with one attached hydrogen (secondary N) is 1. The van der Waals surface area contributed by atoms with Gasteiger partial charge in [-0.3, -0.25) is 9.78 Å². The van der Waals surface area contributed by atoms with Gasteiger partial charge in [-0.1, -0.05) is 11.6 Å². The van der Waals surface area contributed by atoms with E-state index in [1.807, 2.05) is 0 Å². The Hall–Kier alpha value is -1.81. The minimum atomic E-state index is -4.56. The number of amides is 1. The van der Waals surface area contributed by atoms with E-state index in [0.717, 1.165) is 0 Å². The molecule has 0 radical (unpaired) electrons. The summed E-state index contributed by atoms with van der Waals surface area (Å²) in [6.07, 6.45) is -4.00. The second-order valence-corrected chi connectivity index (χ2v) is 3.76. The van der Waals surface area contributed by atoms with Crippen LogP contribution in [0.2, 0.25) is 5.02 Å². The molecule has 0 aliphatic heterocycles. The summed E-state index contributed by atoms with van der Waals surface area (Å²) >= 11 is 5.63. The topological polar surface area (TPSA) is 65.8 Å². The summed E-state index contributed by atoms with van der Waals surface area (Å²) in [5, 5.41) is 10.7. The number of carbonyl (C=O) groups is 1. The summed E-state index contributed by atoms with van der Waals surface area (Å²) in [6, 6.07) is 1.17. The number of nitriles is 1. The van der Waals surface area contributed by atoms with Gasteiger partial charge in [0.25, 0.3) is 0 Å². The highest BCUT2D eigenvalue weighted by atomic mass is 35.5. The van der Waals surface area contributed by atoms with Crippen molar-refractivity contribution in [3.05, 3.63) is 28.5 Å². The van der Waals surface area contributed by atoms with Crippen molar-refractivity contribution in [3.63, 3.8) is 0 Å². The van der Waals surface area contributed by atoms with Crippen molar-refractivity contribution in [2.24, 2.45) is 0 Å². The molecule has 0 aliphatic carbocycles. The molecule has 1 aromatic rings. The number of hydrogen-bond donors (Lipinski definition) is 1. The van der Waals surface area contributed by atoms with Crippen molar-refractivity contribution in [1.82, 2.24) is 10.3 Å². The van der Waals surface area contributed by atoms with Crippen LogP contribution in [-0.2, 0) is 11.0 Å². The van der Waals surface area contributed by atoms with Crippen LogP contribution in [0.4, 0.5) is 13.2 Å². The SMILES string of the molecule is CC(=O)NC(C#N)c1ncc(C(F)(F)F)cc1Cl. The van der Waals surface area contributed by atoms with Crippen molar-refractivity contribution < 1.29 is 18.0 Å². The zero-order chi connectivity index (χ0) is 13.9. The van der Waals surface area contributed by atoms with Crippen molar-refractivity contribution >= 4 is 17.5 Å². The lowest BCUT2D eigenvalue weighted by molar-refractivity contribution is -0.137. The van der Waals surface area contributed by atoms with E-state index in [1.54, 1.807) is 6.07 Å². The molecule has 0 spiro atoms. The molecule has 0 fully saturated rings. The summed E-state index contributed by atoms with van der Waals surface area (Å²) in [5.74, 6) is -0.515. The average molecular weight is 278 g/mol.